The highest BCUT2D eigenvalue weighted by Crippen LogP contribution is 2.33. The summed E-state index contributed by atoms with van der Waals surface area (Å²) in [6.07, 6.45) is 4.67. The predicted molar refractivity (Wildman–Crippen MR) is 75.6 cm³/mol. The second-order valence-corrected chi connectivity index (χ2v) is 5.87. The van der Waals surface area contributed by atoms with Gasteiger partial charge in [-0.3, -0.25) is 4.79 Å². The van der Waals surface area contributed by atoms with E-state index >= 15 is 0 Å². The third-order valence-corrected chi connectivity index (χ3v) is 4.67. The Labute approximate surface area is 117 Å². The van der Waals surface area contributed by atoms with E-state index in [0.717, 1.165) is 25.0 Å². The van der Waals surface area contributed by atoms with E-state index in [0.29, 0.717) is 23.6 Å². The van der Waals surface area contributed by atoms with Crippen molar-refractivity contribution in [3.8, 4) is 0 Å². The molecule has 1 amide bonds. The van der Waals surface area contributed by atoms with Crippen LogP contribution in [0.25, 0.3) is 5.52 Å². The lowest BCUT2D eigenvalue weighted by atomic mass is 10.0. The van der Waals surface area contributed by atoms with E-state index in [9.17, 15) is 4.79 Å². The van der Waals surface area contributed by atoms with Crippen molar-refractivity contribution >= 4 is 11.4 Å². The summed E-state index contributed by atoms with van der Waals surface area (Å²) in [5.74, 6) is 0.727. The lowest BCUT2D eigenvalue weighted by molar-refractivity contribution is 0.0684. The highest BCUT2D eigenvalue weighted by atomic mass is 16.2. The summed E-state index contributed by atoms with van der Waals surface area (Å²) in [4.78, 5) is 15.0. The molecule has 2 aromatic heterocycles. The van der Waals surface area contributed by atoms with Crippen LogP contribution in [0.2, 0.25) is 0 Å². The summed E-state index contributed by atoms with van der Waals surface area (Å²) in [6.45, 7) is 4.11. The number of fused-ring (bicyclic) bond motifs is 2. The van der Waals surface area contributed by atoms with Crippen molar-refractivity contribution < 1.29 is 4.79 Å². The van der Waals surface area contributed by atoms with Gasteiger partial charge in [0.05, 0.1) is 17.3 Å². The summed E-state index contributed by atoms with van der Waals surface area (Å²) < 4.78 is 1.76. The number of hydrogen-bond donors (Lipinski definition) is 1. The molecule has 5 nitrogen and oxygen atoms in total. The van der Waals surface area contributed by atoms with Crippen LogP contribution in [-0.2, 0) is 0 Å². The normalized spacial score (nSPS) is 29.1. The minimum atomic E-state index is 0.120. The van der Waals surface area contributed by atoms with Gasteiger partial charge in [0.2, 0.25) is 0 Å². The van der Waals surface area contributed by atoms with Crippen LogP contribution < -0.4 is 5.32 Å². The number of hydrogen-bond acceptors (Lipinski definition) is 3. The van der Waals surface area contributed by atoms with Crippen LogP contribution in [-0.4, -0.2) is 45.6 Å². The molecule has 5 heteroatoms. The van der Waals surface area contributed by atoms with Gasteiger partial charge < -0.3 is 10.2 Å². The number of rotatable bonds is 1. The number of nitrogens with one attached hydrogen (secondary N) is 1. The van der Waals surface area contributed by atoms with Crippen LogP contribution in [0.15, 0.2) is 30.6 Å². The Morgan fingerprint density at radius 1 is 1.40 bits per heavy atom. The highest BCUT2D eigenvalue weighted by Gasteiger charge is 2.44. The van der Waals surface area contributed by atoms with E-state index in [1.54, 1.807) is 10.7 Å². The van der Waals surface area contributed by atoms with Crippen LogP contribution in [0, 0.1) is 5.92 Å². The molecule has 4 heterocycles. The second kappa shape index (κ2) is 4.31. The van der Waals surface area contributed by atoms with Crippen LogP contribution in [0.4, 0.5) is 0 Å². The van der Waals surface area contributed by atoms with Gasteiger partial charge in [-0.1, -0.05) is 6.07 Å². The maximum Gasteiger partial charge on any atom is 0.258 e. The molecule has 2 aliphatic rings. The molecule has 3 atom stereocenters. The molecule has 2 aromatic rings. The third-order valence-electron chi connectivity index (χ3n) is 4.67. The standard InChI is InChI=1S/C15H18N4O/c1-10-6-11-7-16-9-14(11)19(10)15(20)12-8-17-18-5-3-2-4-13(12)18/h2-5,8,10-11,14,16H,6-7,9H2,1H3. The summed E-state index contributed by atoms with van der Waals surface area (Å²) in [5.41, 5.74) is 1.60. The van der Waals surface area contributed by atoms with Gasteiger partial charge in [-0.2, -0.15) is 5.10 Å². The zero-order chi connectivity index (χ0) is 13.7. The summed E-state index contributed by atoms with van der Waals surface area (Å²) in [7, 11) is 0. The van der Waals surface area contributed by atoms with Crippen molar-refractivity contribution in [3.63, 3.8) is 0 Å². The largest absolute Gasteiger partial charge is 0.331 e. The minimum absolute atomic E-state index is 0.120. The smallest absolute Gasteiger partial charge is 0.258 e. The first-order valence-electron chi connectivity index (χ1n) is 7.21. The summed E-state index contributed by atoms with van der Waals surface area (Å²) in [6, 6.07) is 6.48. The van der Waals surface area contributed by atoms with E-state index in [2.05, 4.69) is 22.2 Å². The molecule has 20 heavy (non-hydrogen) atoms. The molecule has 0 aliphatic carbocycles. The summed E-state index contributed by atoms with van der Waals surface area (Å²) >= 11 is 0. The molecule has 3 unspecified atom stereocenters. The molecule has 104 valence electrons. The molecular weight excluding hydrogens is 252 g/mol. The van der Waals surface area contributed by atoms with E-state index in [1.165, 1.54) is 0 Å². The Kier molecular flexibility index (Phi) is 2.57. The van der Waals surface area contributed by atoms with Gasteiger partial charge in [-0.25, -0.2) is 4.52 Å². The third kappa shape index (κ3) is 1.59. The van der Waals surface area contributed by atoms with Crippen molar-refractivity contribution in [2.24, 2.45) is 5.92 Å². The molecule has 2 saturated heterocycles. The van der Waals surface area contributed by atoms with E-state index in [4.69, 9.17) is 0 Å². The zero-order valence-electron chi connectivity index (χ0n) is 11.5. The van der Waals surface area contributed by atoms with Crippen molar-refractivity contribution in [1.82, 2.24) is 19.8 Å². The number of amides is 1. The Bertz CT molecular complexity index is 665. The Balaban J connectivity index is 1.73. The fraction of sp³-hybridized carbons (Fsp3) is 0.467. The lowest BCUT2D eigenvalue weighted by Crippen LogP contribution is -2.42. The molecule has 1 N–H and O–H groups in total. The van der Waals surface area contributed by atoms with Gasteiger partial charge in [0.1, 0.15) is 0 Å². The van der Waals surface area contributed by atoms with Gasteiger partial charge in [0, 0.05) is 31.4 Å². The van der Waals surface area contributed by atoms with E-state index < -0.39 is 0 Å². The fourth-order valence-corrected chi connectivity index (χ4v) is 3.75. The maximum atomic E-state index is 12.9. The van der Waals surface area contributed by atoms with Gasteiger partial charge in [-0.15, -0.1) is 0 Å². The SMILES string of the molecule is CC1CC2CNCC2N1C(=O)c1cnn2ccccc12. The van der Waals surface area contributed by atoms with Crippen molar-refractivity contribution in [2.75, 3.05) is 13.1 Å². The molecule has 2 aliphatic heterocycles. The van der Waals surface area contributed by atoms with Crippen LogP contribution in [0.3, 0.4) is 0 Å². The first-order valence-corrected chi connectivity index (χ1v) is 7.21. The second-order valence-electron chi connectivity index (χ2n) is 5.87. The molecule has 0 saturated carbocycles. The predicted octanol–water partition coefficient (Wildman–Crippen LogP) is 1.16. The Hall–Kier alpha value is -1.88. The number of nitrogens with zero attached hydrogens (tertiary/aromatic N) is 3. The Morgan fingerprint density at radius 2 is 2.30 bits per heavy atom. The van der Waals surface area contributed by atoms with Crippen LogP contribution >= 0.6 is 0 Å². The first-order chi connectivity index (χ1) is 9.75. The molecule has 0 bridgehead atoms. The topological polar surface area (TPSA) is 49.6 Å². The van der Waals surface area contributed by atoms with Gasteiger partial charge in [-0.05, 0) is 31.4 Å². The maximum absolute atomic E-state index is 12.9. The van der Waals surface area contributed by atoms with Gasteiger partial charge >= 0.3 is 0 Å². The quantitative estimate of drug-likeness (QED) is 0.846. The highest BCUT2D eigenvalue weighted by molar-refractivity contribution is 6.01. The summed E-state index contributed by atoms with van der Waals surface area (Å²) in [5, 5.41) is 7.67. The van der Waals surface area contributed by atoms with Crippen LogP contribution in [0.5, 0.6) is 0 Å². The first kappa shape index (κ1) is 11.9. The molecular formula is C15H18N4O. The zero-order valence-corrected chi connectivity index (χ0v) is 11.5. The average Bonchev–Trinajstić information content (AvgIpc) is 3.11. The molecule has 2 fully saturated rings. The van der Waals surface area contributed by atoms with Crippen molar-refractivity contribution in [3.05, 3.63) is 36.2 Å². The fourth-order valence-electron chi connectivity index (χ4n) is 3.75. The van der Waals surface area contributed by atoms with E-state index in [-0.39, 0.29) is 5.91 Å². The molecule has 0 spiro atoms. The average molecular weight is 270 g/mol. The number of aromatic nitrogens is 2. The lowest BCUT2D eigenvalue weighted by Gasteiger charge is -2.27. The van der Waals surface area contributed by atoms with Crippen molar-refractivity contribution in [1.29, 1.82) is 0 Å². The molecule has 0 aromatic carbocycles. The number of carbonyl (C=O) groups excluding carboxylic acids is 1. The number of carbonyl (C=O) groups is 1. The van der Waals surface area contributed by atoms with Gasteiger partial charge in [0.15, 0.2) is 0 Å². The monoisotopic (exact) mass is 270 g/mol. The van der Waals surface area contributed by atoms with Crippen LogP contribution in [0.1, 0.15) is 23.7 Å². The van der Waals surface area contributed by atoms with E-state index in [1.807, 2.05) is 24.4 Å². The number of pyridine rings is 1. The number of likely N-dealkylation sites (tertiary alicyclic amines) is 1. The molecule has 0 radical (unpaired) electrons. The Morgan fingerprint density at radius 3 is 3.20 bits per heavy atom. The van der Waals surface area contributed by atoms with Gasteiger partial charge in [0.25, 0.3) is 5.91 Å². The van der Waals surface area contributed by atoms with Crippen molar-refractivity contribution in [2.45, 2.75) is 25.4 Å². The minimum Gasteiger partial charge on any atom is -0.331 e. The molecule has 4 rings (SSSR count).